The fourth-order valence-electron chi connectivity index (χ4n) is 3.19. The molecule has 1 saturated heterocycles. The van der Waals surface area contributed by atoms with E-state index in [2.05, 4.69) is 20.9 Å². The van der Waals surface area contributed by atoms with Crippen LogP contribution in [0.1, 0.15) is 16.8 Å². The van der Waals surface area contributed by atoms with Crippen molar-refractivity contribution in [3.63, 3.8) is 0 Å². The van der Waals surface area contributed by atoms with Crippen LogP contribution in [0.4, 0.5) is 0 Å². The summed E-state index contributed by atoms with van der Waals surface area (Å²) in [4.78, 5) is 23.8. The van der Waals surface area contributed by atoms with E-state index in [9.17, 15) is 4.79 Å². The Bertz CT molecular complexity index is 945. The van der Waals surface area contributed by atoms with E-state index >= 15 is 0 Å². The number of likely N-dealkylation sites (tertiary alicyclic amines) is 1. The van der Waals surface area contributed by atoms with Crippen molar-refractivity contribution in [1.82, 2.24) is 14.9 Å². The fourth-order valence-corrected chi connectivity index (χ4v) is 3.65. The molecule has 6 heteroatoms. The maximum absolute atomic E-state index is 13.1. The van der Waals surface area contributed by atoms with Crippen molar-refractivity contribution in [3.8, 4) is 11.3 Å². The van der Waals surface area contributed by atoms with Gasteiger partial charge in [0, 0.05) is 46.9 Å². The molecule has 126 valence electrons. The number of benzene rings is 1. The molecule has 0 aliphatic carbocycles. The second-order valence-electron chi connectivity index (χ2n) is 6.23. The summed E-state index contributed by atoms with van der Waals surface area (Å²) in [5.41, 5.74) is 9.02. The van der Waals surface area contributed by atoms with Crippen molar-refractivity contribution in [2.45, 2.75) is 12.5 Å². The van der Waals surface area contributed by atoms with Crippen LogP contribution in [0, 0.1) is 0 Å². The van der Waals surface area contributed by atoms with Crippen molar-refractivity contribution in [3.05, 3.63) is 58.8 Å². The molecule has 5 nitrogen and oxygen atoms in total. The summed E-state index contributed by atoms with van der Waals surface area (Å²) < 4.78 is 0.864. The number of nitrogens with zero attached hydrogens (tertiary/aromatic N) is 3. The highest BCUT2D eigenvalue weighted by atomic mass is 79.9. The van der Waals surface area contributed by atoms with Crippen LogP contribution in [0.15, 0.2) is 53.3 Å². The maximum Gasteiger partial charge on any atom is 0.254 e. The lowest BCUT2D eigenvalue weighted by atomic mass is 10.0. The molecule has 1 amide bonds. The SMILES string of the molecule is N[C@@H]1CCN(C(=O)c2cc(-c3cccnc3)nc3c(Br)cccc23)C1. The number of carbonyl (C=O) groups excluding carboxylic acids is 1. The van der Waals surface area contributed by atoms with Crippen LogP contribution in [-0.2, 0) is 0 Å². The second kappa shape index (κ2) is 6.54. The van der Waals surface area contributed by atoms with Gasteiger partial charge in [0.05, 0.1) is 16.8 Å². The first kappa shape index (κ1) is 16.2. The molecule has 1 aromatic carbocycles. The molecule has 1 fully saturated rings. The normalized spacial score (nSPS) is 17.2. The molecular formula is C19H17BrN4O. The van der Waals surface area contributed by atoms with Gasteiger partial charge in [0.15, 0.2) is 0 Å². The third-order valence-electron chi connectivity index (χ3n) is 4.49. The van der Waals surface area contributed by atoms with Gasteiger partial charge in [-0.2, -0.15) is 0 Å². The molecule has 0 saturated carbocycles. The topological polar surface area (TPSA) is 72.1 Å². The average Bonchev–Trinajstić information content (AvgIpc) is 3.08. The van der Waals surface area contributed by atoms with E-state index in [-0.39, 0.29) is 11.9 Å². The van der Waals surface area contributed by atoms with E-state index in [0.29, 0.717) is 18.7 Å². The molecule has 25 heavy (non-hydrogen) atoms. The van der Waals surface area contributed by atoms with E-state index in [4.69, 9.17) is 10.7 Å². The summed E-state index contributed by atoms with van der Waals surface area (Å²) >= 11 is 3.56. The average molecular weight is 397 g/mol. The largest absolute Gasteiger partial charge is 0.337 e. The third-order valence-corrected chi connectivity index (χ3v) is 5.13. The number of hydrogen-bond donors (Lipinski definition) is 1. The summed E-state index contributed by atoms with van der Waals surface area (Å²) in [7, 11) is 0. The highest BCUT2D eigenvalue weighted by molar-refractivity contribution is 9.10. The highest BCUT2D eigenvalue weighted by Crippen LogP contribution is 2.30. The van der Waals surface area contributed by atoms with Crippen molar-refractivity contribution in [2.75, 3.05) is 13.1 Å². The van der Waals surface area contributed by atoms with Crippen LogP contribution in [0.25, 0.3) is 22.2 Å². The molecule has 1 aliphatic rings. The number of pyridine rings is 2. The zero-order chi connectivity index (χ0) is 17.4. The van der Waals surface area contributed by atoms with Crippen LogP contribution >= 0.6 is 15.9 Å². The number of para-hydroxylation sites is 1. The number of rotatable bonds is 2. The van der Waals surface area contributed by atoms with Gasteiger partial charge in [-0.15, -0.1) is 0 Å². The van der Waals surface area contributed by atoms with E-state index < -0.39 is 0 Å². The quantitative estimate of drug-likeness (QED) is 0.721. The van der Waals surface area contributed by atoms with Crippen LogP contribution in [0.2, 0.25) is 0 Å². The van der Waals surface area contributed by atoms with E-state index in [1.54, 1.807) is 12.4 Å². The molecule has 4 rings (SSSR count). The number of nitrogens with two attached hydrogens (primary N) is 1. The summed E-state index contributed by atoms with van der Waals surface area (Å²) in [6, 6.07) is 11.5. The monoisotopic (exact) mass is 396 g/mol. The summed E-state index contributed by atoms with van der Waals surface area (Å²) in [6.07, 6.45) is 4.32. The number of carbonyl (C=O) groups is 1. The minimum absolute atomic E-state index is 0.00332. The van der Waals surface area contributed by atoms with Gasteiger partial charge in [-0.25, -0.2) is 4.98 Å². The molecule has 3 heterocycles. The number of halogens is 1. The molecule has 1 atom stereocenters. The summed E-state index contributed by atoms with van der Waals surface area (Å²) in [6.45, 7) is 1.29. The van der Waals surface area contributed by atoms with Crippen LogP contribution < -0.4 is 5.73 Å². The van der Waals surface area contributed by atoms with E-state index in [0.717, 1.165) is 33.1 Å². The first-order valence-electron chi connectivity index (χ1n) is 8.18. The Labute approximate surface area is 154 Å². The third kappa shape index (κ3) is 3.03. The lowest BCUT2D eigenvalue weighted by Crippen LogP contribution is -2.32. The van der Waals surface area contributed by atoms with E-state index in [1.807, 2.05) is 41.3 Å². The van der Waals surface area contributed by atoms with Crippen LogP contribution in [0.3, 0.4) is 0 Å². The minimum atomic E-state index is 0.00332. The number of amides is 1. The Morgan fingerprint density at radius 2 is 2.16 bits per heavy atom. The van der Waals surface area contributed by atoms with Gasteiger partial charge < -0.3 is 10.6 Å². The summed E-state index contributed by atoms with van der Waals surface area (Å²) in [5.74, 6) is 0.00332. The first-order valence-corrected chi connectivity index (χ1v) is 8.97. The Kier molecular flexibility index (Phi) is 4.23. The molecular weight excluding hydrogens is 380 g/mol. The Balaban J connectivity index is 1.90. The second-order valence-corrected chi connectivity index (χ2v) is 7.09. The molecule has 3 aromatic rings. The van der Waals surface area contributed by atoms with Gasteiger partial charge in [0.25, 0.3) is 5.91 Å². The van der Waals surface area contributed by atoms with Gasteiger partial charge in [-0.05, 0) is 46.6 Å². The zero-order valence-electron chi connectivity index (χ0n) is 13.5. The number of fused-ring (bicyclic) bond motifs is 1. The van der Waals surface area contributed by atoms with Gasteiger partial charge >= 0.3 is 0 Å². The molecule has 2 N–H and O–H groups in total. The predicted octanol–water partition coefficient (Wildman–Crippen LogP) is 3.23. The lowest BCUT2D eigenvalue weighted by molar-refractivity contribution is 0.0793. The number of hydrogen-bond acceptors (Lipinski definition) is 4. The maximum atomic E-state index is 13.1. The van der Waals surface area contributed by atoms with Crippen molar-refractivity contribution in [1.29, 1.82) is 0 Å². The Hall–Kier alpha value is -2.31. The van der Waals surface area contributed by atoms with Gasteiger partial charge in [-0.3, -0.25) is 9.78 Å². The highest BCUT2D eigenvalue weighted by Gasteiger charge is 2.26. The van der Waals surface area contributed by atoms with Gasteiger partial charge in [0.1, 0.15) is 0 Å². The molecule has 0 unspecified atom stereocenters. The van der Waals surface area contributed by atoms with Crippen LogP contribution in [0.5, 0.6) is 0 Å². The molecule has 2 aromatic heterocycles. The van der Waals surface area contributed by atoms with Crippen molar-refractivity contribution >= 4 is 32.7 Å². The van der Waals surface area contributed by atoms with Crippen molar-refractivity contribution in [2.24, 2.45) is 5.73 Å². The predicted molar refractivity (Wildman–Crippen MR) is 101 cm³/mol. The molecule has 0 bridgehead atoms. The lowest BCUT2D eigenvalue weighted by Gasteiger charge is -2.18. The van der Waals surface area contributed by atoms with Crippen molar-refractivity contribution < 1.29 is 4.79 Å². The smallest absolute Gasteiger partial charge is 0.254 e. The Morgan fingerprint density at radius 1 is 1.28 bits per heavy atom. The first-order chi connectivity index (χ1) is 12.1. The molecule has 0 radical (unpaired) electrons. The standard InChI is InChI=1S/C19H17BrN4O/c20-16-5-1-4-14-15(19(25)24-8-6-13(21)11-24)9-17(23-18(14)16)12-3-2-7-22-10-12/h1-5,7,9-10,13H,6,8,11,21H2/t13-/m1/s1. The van der Waals surface area contributed by atoms with Gasteiger partial charge in [0.2, 0.25) is 0 Å². The van der Waals surface area contributed by atoms with Gasteiger partial charge in [-0.1, -0.05) is 12.1 Å². The van der Waals surface area contributed by atoms with E-state index in [1.165, 1.54) is 0 Å². The summed E-state index contributed by atoms with van der Waals surface area (Å²) in [5, 5.41) is 0.840. The minimum Gasteiger partial charge on any atom is -0.337 e. The fraction of sp³-hybridized carbons (Fsp3) is 0.211. The van der Waals surface area contributed by atoms with Crippen LogP contribution in [-0.4, -0.2) is 39.9 Å². The zero-order valence-corrected chi connectivity index (χ0v) is 15.1. The number of aromatic nitrogens is 2. The molecule has 0 spiro atoms. The molecule has 1 aliphatic heterocycles. The Morgan fingerprint density at radius 3 is 2.88 bits per heavy atom.